The minimum atomic E-state index is 0.000833. The molecular weight excluding hydrogens is 80.0 g/mol. The van der Waals surface area contributed by atoms with Gasteiger partial charge >= 0.3 is 0 Å². The van der Waals surface area contributed by atoms with Crippen molar-refractivity contribution >= 4 is 6.21 Å². The number of nitrogens with one attached hydrogen (secondary N) is 1. The fourth-order valence-electron chi connectivity index (χ4n) is 0.132. The predicted octanol–water partition coefficient (Wildman–Crippen LogP) is -0.816. The van der Waals surface area contributed by atoms with Crippen LogP contribution in [0.4, 0.5) is 0 Å². The molecule has 0 spiro atoms. The summed E-state index contributed by atoms with van der Waals surface area (Å²) in [4.78, 5) is 0. The Balaban J connectivity index is 2.73. The van der Waals surface area contributed by atoms with Crippen LogP contribution in [0.5, 0.6) is 0 Å². The van der Waals surface area contributed by atoms with Gasteiger partial charge in [0.05, 0.1) is 6.61 Å². The Morgan fingerprint density at radius 2 is 2.67 bits per heavy atom. The lowest BCUT2D eigenvalue weighted by Crippen LogP contribution is -1.95. The first-order valence-corrected chi connectivity index (χ1v) is 1.71. The van der Waals surface area contributed by atoms with E-state index in [2.05, 4.69) is 10.5 Å². The van der Waals surface area contributed by atoms with E-state index in [1.165, 1.54) is 6.21 Å². The van der Waals surface area contributed by atoms with Crippen molar-refractivity contribution in [3.8, 4) is 0 Å². The van der Waals surface area contributed by atoms with Crippen LogP contribution in [-0.2, 0) is 0 Å². The molecule has 0 unspecified atom stereocenters. The molecule has 2 N–H and O–H groups in total. The van der Waals surface area contributed by atoms with Crippen LogP contribution < -0.4 is 5.43 Å². The second kappa shape index (κ2) is 4.43. The van der Waals surface area contributed by atoms with Crippen LogP contribution in [0.3, 0.4) is 0 Å². The van der Waals surface area contributed by atoms with Gasteiger partial charge in [0.1, 0.15) is 0 Å². The van der Waals surface area contributed by atoms with Crippen molar-refractivity contribution in [1.82, 2.24) is 5.43 Å². The second-order valence-corrected chi connectivity index (χ2v) is 0.718. The van der Waals surface area contributed by atoms with Crippen molar-refractivity contribution in [1.29, 1.82) is 0 Å². The van der Waals surface area contributed by atoms with Crippen molar-refractivity contribution in [2.24, 2.45) is 5.10 Å². The molecule has 0 rings (SSSR count). The molecular formula is C3H8N2O. The zero-order valence-corrected chi connectivity index (χ0v) is 3.68. The average Bonchev–Trinajstić information content (AvgIpc) is 1.61. The van der Waals surface area contributed by atoms with Gasteiger partial charge in [-0.3, -0.25) is 0 Å². The molecule has 0 aliphatic carbocycles. The summed E-state index contributed by atoms with van der Waals surface area (Å²) in [6, 6.07) is 0. The van der Waals surface area contributed by atoms with Crippen LogP contribution in [0.2, 0.25) is 0 Å². The van der Waals surface area contributed by atoms with E-state index in [0.29, 0.717) is 0 Å². The molecule has 0 atom stereocenters. The maximum atomic E-state index is 8.01. The van der Waals surface area contributed by atoms with Crippen molar-refractivity contribution in [2.75, 3.05) is 13.7 Å². The first-order valence-electron chi connectivity index (χ1n) is 1.71. The summed E-state index contributed by atoms with van der Waals surface area (Å²) < 4.78 is 0. The van der Waals surface area contributed by atoms with E-state index in [0.717, 1.165) is 0 Å². The van der Waals surface area contributed by atoms with E-state index >= 15 is 0 Å². The van der Waals surface area contributed by atoms with Crippen molar-refractivity contribution in [3.63, 3.8) is 0 Å². The number of rotatable bonds is 2. The minimum absolute atomic E-state index is 0.000833. The van der Waals surface area contributed by atoms with Gasteiger partial charge in [0.15, 0.2) is 0 Å². The van der Waals surface area contributed by atoms with Gasteiger partial charge < -0.3 is 10.5 Å². The van der Waals surface area contributed by atoms with E-state index in [-0.39, 0.29) is 6.61 Å². The summed E-state index contributed by atoms with van der Waals surface area (Å²) in [5.74, 6) is 0. The van der Waals surface area contributed by atoms with Gasteiger partial charge in [0.25, 0.3) is 0 Å². The molecule has 6 heavy (non-hydrogen) atoms. The minimum Gasteiger partial charge on any atom is -0.391 e. The molecule has 0 aliphatic rings. The van der Waals surface area contributed by atoms with E-state index in [9.17, 15) is 0 Å². The van der Waals surface area contributed by atoms with E-state index < -0.39 is 0 Å². The molecule has 0 aromatic rings. The smallest absolute Gasteiger partial charge is 0.0801 e. The topological polar surface area (TPSA) is 44.6 Å². The number of aliphatic hydroxyl groups is 1. The highest BCUT2D eigenvalue weighted by molar-refractivity contribution is 5.57. The summed E-state index contributed by atoms with van der Waals surface area (Å²) in [6.07, 6.45) is 1.38. The standard InChI is InChI=1S/C3H8N2O/c1-4-5-2-3-6/h2,4,6H,3H2,1H3/b5-2+. The van der Waals surface area contributed by atoms with Gasteiger partial charge in [-0.25, -0.2) is 0 Å². The molecule has 0 saturated heterocycles. The zero-order valence-electron chi connectivity index (χ0n) is 3.68. The van der Waals surface area contributed by atoms with Gasteiger partial charge in [-0.1, -0.05) is 0 Å². The third-order valence-corrected chi connectivity index (χ3v) is 0.302. The molecule has 0 heterocycles. The Morgan fingerprint density at radius 1 is 2.00 bits per heavy atom. The van der Waals surface area contributed by atoms with E-state index in [1.807, 2.05) is 0 Å². The van der Waals surface area contributed by atoms with Gasteiger partial charge in [0, 0.05) is 13.3 Å². The number of nitrogens with zero attached hydrogens (tertiary/aromatic N) is 1. The molecule has 0 aliphatic heterocycles. The van der Waals surface area contributed by atoms with Gasteiger partial charge in [-0.05, 0) is 0 Å². The second-order valence-electron chi connectivity index (χ2n) is 0.718. The van der Waals surface area contributed by atoms with Crippen molar-refractivity contribution in [2.45, 2.75) is 0 Å². The SMILES string of the molecule is CN/N=C/CO. The number of hydrogen-bond donors (Lipinski definition) is 2. The van der Waals surface area contributed by atoms with Crippen molar-refractivity contribution < 1.29 is 5.11 Å². The molecule has 0 radical (unpaired) electrons. The van der Waals surface area contributed by atoms with Crippen LogP contribution in [0.1, 0.15) is 0 Å². The number of hydrogen-bond acceptors (Lipinski definition) is 3. The van der Waals surface area contributed by atoms with Crippen LogP contribution in [0.15, 0.2) is 5.10 Å². The Morgan fingerprint density at radius 3 is 2.83 bits per heavy atom. The lowest BCUT2D eigenvalue weighted by Gasteiger charge is -1.79. The maximum Gasteiger partial charge on any atom is 0.0801 e. The third-order valence-electron chi connectivity index (χ3n) is 0.302. The Kier molecular flexibility index (Phi) is 4.01. The fourth-order valence-corrected chi connectivity index (χ4v) is 0.132. The zero-order chi connectivity index (χ0) is 4.83. The number of aliphatic hydroxyl groups excluding tert-OH is 1. The average molecular weight is 88.1 g/mol. The molecule has 0 aromatic heterocycles. The highest BCUT2D eigenvalue weighted by Crippen LogP contribution is 1.45. The third kappa shape index (κ3) is 3.43. The highest BCUT2D eigenvalue weighted by atomic mass is 16.3. The molecule has 0 fully saturated rings. The molecule has 0 saturated carbocycles. The molecule has 0 aromatic carbocycles. The Hall–Kier alpha value is -0.570. The molecule has 36 valence electrons. The van der Waals surface area contributed by atoms with Gasteiger partial charge in [0.2, 0.25) is 0 Å². The Labute approximate surface area is 36.7 Å². The van der Waals surface area contributed by atoms with E-state index in [1.54, 1.807) is 7.05 Å². The first kappa shape index (κ1) is 5.43. The summed E-state index contributed by atoms with van der Waals surface area (Å²) >= 11 is 0. The van der Waals surface area contributed by atoms with Crippen LogP contribution >= 0.6 is 0 Å². The van der Waals surface area contributed by atoms with Gasteiger partial charge in [-0.15, -0.1) is 0 Å². The van der Waals surface area contributed by atoms with Crippen molar-refractivity contribution in [3.05, 3.63) is 0 Å². The van der Waals surface area contributed by atoms with Gasteiger partial charge in [-0.2, -0.15) is 5.10 Å². The summed E-state index contributed by atoms with van der Waals surface area (Å²) in [7, 11) is 1.67. The molecule has 3 heteroatoms. The molecule has 0 bridgehead atoms. The quantitative estimate of drug-likeness (QED) is 0.342. The maximum absolute atomic E-state index is 8.01. The lowest BCUT2D eigenvalue weighted by atomic mass is 10.8. The summed E-state index contributed by atoms with van der Waals surface area (Å²) in [6.45, 7) is 0.000833. The summed E-state index contributed by atoms with van der Waals surface area (Å²) in [5, 5.41) is 11.5. The van der Waals surface area contributed by atoms with Crippen LogP contribution in [0.25, 0.3) is 0 Å². The molecule has 3 nitrogen and oxygen atoms in total. The van der Waals surface area contributed by atoms with Crippen LogP contribution in [0, 0.1) is 0 Å². The highest BCUT2D eigenvalue weighted by Gasteiger charge is 1.58. The first-order chi connectivity index (χ1) is 2.91. The predicted molar refractivity (Wildman–Crippen MR) is 24.6 cm³/mol. The Bertz CT molecular complexity index is 38.1. The molecule has 0 amide bonds. The summed E-state index contributed by atoms with van der Waals surface area (Å²) in [5.41, 5.74) is 2.48. The van der Waals surface area contributed by atoms with E-state index in [4.69, 9.17) is 5.11 Å². The largest absolute Gasteiger partial charge is 0.391 e. The number of hydrazone groups is 1. The monoisotopic (exact) mass is 88.1 g/mol. The lowest BCUT2D eigenvalue weighted by molar-refractivity contribution is 0.361. The van der Waals surface area contributed by atoms with Crippen LogP contribution in [-0.4, -0.2) is 25.0 Å². The normalized spacial score (nSPS) is 9.67. The fraction of sp³-hybridized carbons (Fsp3) is 0.667.